The van der Waals surface area contributed by atoms with Gasteiger partial charge in [0.05, 0.1) is 20.8 Å². The van der Waals surface area contributed by atoms with Crippen LogP contribution in [0.25, 0.3) is 0 Å². The second kappa shape index (κ2) is 21.7. The molecule has 2 aliphatic rings. The largest absolute Gasteiger partial charge is 1.00 e. The van der Waals surface area contributed by atoms with Gasteiger partial charge >= 0.3 is 154 Å². The number of unbranched alkanes of at least 4 members (excludes halogenated alkanes) is 2. The minimum Gasteiger partial charge on any atom is -0.748 e. The number of fused-ring (bicyclic) bond motifs is 2. The van der Waals surface area contributed by atoms with Crippen LogP contribution in [0.15, 0.2) is 89.0 Å². The minimum atomic E-state index is -4.68. The van der Waals surface area contributed by atoms with E-state index < -0.39 is 41.5 Å². The van der Waals surface area contributed by atoms with Crippen molar-refractivity contribution < 1.29 is 198 Å². The molecular formula is C36H44K3N2O9S3+. The Labute approximate surface area is 443 Å². The van der Waals surface area contributed by atoms with E-state index in [-0.39, 0.29) is 177 Å². The summed E-state index contributed by atoms with van der Waals surface area (Å²) in [4.78, 5) is 1.64. The molecule has 0 atom stereocenters. The number of rotatable bonds is 15. The van der Waals surface area contributed by atoms with Gasteiger partial charge in [-0.15, -0.1) is 6.07 Å². The summed E-state index contributed by atoms with van der Waals surface area (Å²) in [7, 11) is -13.1. The van der Waals surface area contributed by atoms with Crippen molar-refractivity contribution in [1.29, 1.82) is 0 Å². The Kier molecular flexibility index (Phi) is 21.5. The second-order valence-corrected chi connectivity index (χ2v) is 18.1. The van der Waals surface area contributed by atoms with Gasteiger partial charge in [-0.1, -0.05) is 63.1 Å². The molecule has 2 aliphatic heterocycles. The van der Waals surface area contributed by atoms with Gasteiger partial charge in [0.2, 0.25) is 0 Å². The Morgan fingerprint density at radius 1 is 0.887 bits per heavy atom. The van der Waals surface area contributed by atoms with E-state index in [1.54, 1.807) is 6.07 Å². The molecule has 0 aliphatic carbocycles. The van der Waals surface area contributed by atoms with E-state index in [0.29, 0.717) is 43.6 Å². The fourth-order valence-electron chi connectivity index (χ4n) is 6.59. The fourth-order valence-corrected chi connectivity index (χ4v) is 8.22. The van der Waals surface area contributed by atoms with Crippen molar-refractivity contribution >= 4 is 47.4 Å². The van der Waals surface area contributed by atoms with Crippen molar-refractivity contribution in [1.82, 2.24) is 0 Å². The van der Waals surface area contributed by atoms with E-state index in [9.17, 15) is 34.4 Å². The van der Waals surface area contributed by atoms with Crippen LogP contribution in [0.4, 0.5) is 11.4 Å². The molecule has 11 nitrogen and oxygen atoms in total. The zero-order chi connectivity index (χ0) is 37.1. The van der Waals surface area contributed by atoms with Crippen LogP contribution in [0.5, 0.6) is 0 Å². The van der Waals surface area contributed by atoms with Gasteiger partial charge in [-0.05, 0) is 56.0 Å². The Morgan fingerprint density at radius 2 is 1.55 bits per heavy atom. The predicted molar refractivity (Wildman–Crippen MR) is 192 cm³/mol. The van der Waals surface area contributed by atoms with Gasteiger partial charge in [0.15, 0.2) is 5.71 Å². The molecule has 0 saturated carbocycles. The molecule has 17 heteroatoms. The predicted octanol–water partition coefficient (Wildman–Crippen LogP) is -3.49. The molecule has 272 valence electrons. The van der Waals surface area contributed by atoms with Crippen LogP contribution in [-0.2, 0) is 41.2 Å². The molecule has 1 N–H and O–H groups in total. The van der Waals surface area contributed by atoms with Crippen LogP contribution in [0.2, 0.25) is 0 Å². The fraction of sp³-hybridized carbons (Fsp3) is 0.417. The molecule has 0 bridgehead atoms. The SMILES string of the molecule is CC(/C=C/C=C1/N(CCCCS(=O)(=O)[O-])c2ccc(S(=O)(=O)[O-])cc2C1(C)C)=C\C=C\C1=[N+](CCCCS(=O)(=O)O)c2cc[c-]cc2C1(C)C.[K+].[K+].[K+]. The van der Waals surface area contributed by atoms with Crippen molar-refractivity contribution in [3.05, 3.63) is 101 Å². The molecule has 0 aromatic heterocycles. The van der Waals surface area contributed by atoms with Crippen molar-refractivity contribution in [2.24, 2.45) is 0 Å². The van der Waals surface area contributed by atoms with E-state index in [1.807, 2.05) is 80.3 Å². The maximum Gasteiger partial charge on any atom is 1.00 e. The third-order valence-corrected chi connectivity index (χ3v) is 11.6. The minimum absolute atomic E-state index is 0. The van der Waals surface area contributed by atoms with E-state index >= 15 is 0 Å². The first-order valence-electron chi connectivity index (χ1n) is 16.3. The maximum atomic E-state index is 11.8. The summed E-state index contributed by atoms with van der Waals surface area (Å²) in [5.41, 5.74) is 5.28. The average molecular weight is 862 g/mol. The molecule has 53 heavy (non-hydrogen) atoms. The van der Waals surface area contributed by atoms with Crippen molar-refractivity contribution in [3.63, 3.8) is 0 Å². The van der Waals surface area contributed by atoms with E-state index in [2.05, 4.69) is 24.5 Å². The first kappa shape index (κ1) is 52.5. The Morgan fingerprint density at radius 3 is 2.17 bits per heavy atom. The quantitative estimate of drug-likeness (QED) is 0.0473. The molecule has 2 aromatic rings. The summed E-state index contributed by atoms with van der Waals surface area (Å²) < 4.78 is 103. The van der Waals surface area contributed by atoms with Crippen LogP contribution >= 0.6 is 0 Å². The summed E-state index contributed by atoms with van der Waals surface area (Å²) in [5, 5.41) is 0. The Balaban J connectivity index is 0.00000468. The van der Waals surface area contributed by atoms with Gasteiger partial charge in [-0.25, -0.2) is 21.4 Å². The number of allylic oxidation sites excluding steroid dienone is 8. The Hall–Kier alpha value is 1.51. The molecule has 0 amide bonds. The summed E-state index contributed by atoms with van der Waals surface area (Å²) >= 11 is 0. The topological polar surface area (TPSA) is 175 Å². The molecule has 0 saturated heterocycles. The van der Waals surface area contributed by atoms with Crippen LogP contribution < -0.4 is 159 Å². The molecule has 2 heterocycles. The molecule has 0 spiro atoms. The number of nitrogens with zero attached hydrogens (tertiary/aromatic N) is 2. The van der Waals surface area contributed by atoms with Crippen molar-refractivity contribution in [3.8, 4) is 0 Å². The summed E-state index contributed by atoms with van der Waals surface area (Å²) in [6.07, 6.45) is 13.2. The van der Waals surface area contributed by atoms with Crippen LogP contribution in [0.1, 0.15) is 71.4 Å². The van der Waals surface area contributed by atoms with Crippen LogP contribution in [0.3, 0.4) is 0 Å². The molecule has 0 radical (unpaired) electrons. The van der Waals surface area contributed by atoms with E-state index in [1.165, 1.54) is 12.1 Å². The summed E-state index contributed by atoms with van der Waals surface area (Å²) in [6, 6.07) is 13.2. The average Bonchev–Trinajstić information content (AvgIpc) is 3.34. The van der Waals surface area contributed by atoms with E-state index in [0.717, 1.165) is 28.2 Å². The van der Waals surface area contributed by atoms with Gasteiger partial charge in [-0.2, -0.15) is 26.6 Å². The summed E-state index contributed by atoms with van der Waals surface area (Å²) in [6.45, 7) is 11.0. The van der Waals surface area contributed by atoms with Gasteiger partial charge in [0.1, 0.15) is 22.4 Å². The zero-order valence-corrected chi connectivity index (χ0v) is 43.7. The van der Waals surface area contributed by atoms with Crippen molar-refractivity contribution in [2.75, 3.05) is 29.5 Å². The van der Waals surface area contributed by atoms with Crippen molar-refractivity contribution in [2.45, 2.75) is 76.0 Å². The smallest absolute Gasteiger partial charge is 0.748 e. The third kappa shape index (κ3) is 14.3. The Bertz CT molecular complexity index is 2120. The monoisotopic (exact) mass is 861 g/mol. The first-order valence-corrected chi connectivity index (χ1v) is 20.9. The first-order chi connectivity index (χ1) is 23.1. The van der Waals surface area contributed by atoms with Gasteiger partial charge < -0.3 is 14.0 Å². The van der Waals surface area contributed by atoms with Gasteiger partial charge in [-0.3, -0.25) is 4.55 Å². The van der Waals surface area contributed by atoms with Gasteiger partial charge in [0, 0.05) is 47.0 Å². The number of benzene rings is 2. The molecular weight excluding hydrogens is 818 g/mol. The van der Waals surface area contributed by atoms with Crippen LogP contribution in [0, 0.1) is 6.07 Å². The summed E-state index contributed by atoms with van der Waals surface area (Å²) in [5.74, 6) is -0.765. The molecule has 2 aromatic carbocycles. The third-order valence-electron chi connectivity index (χ3n) is 9.17. The number of hydrogen-bond acceptors (Lipinski definition) is 9. The van der Waals surface area contributed by atoms with Gasteiger partial charge in [0.25, 0.3) is 10.1 Å². The zero-order valence-electron chi connectivity index (χ0n) is 31.9. The second-order valence-electron chi connectivity index (χ2n) is 13.7. The molecule has 0 unspecified atom stereocenters. The molecule has 0 fully saturated rings. The van der Waals surface area contributed by atoms with Crippen LogP contribution in [-0.4, -0.2) is 73.8 Å². The normalized spacial score (nSPS) is 17.5. The number of hydrogen-bond donors (Lipinski definition) is 1. The number of anilines is 1. The van der Waals surface area contributed by atoms with E-state index in [4.69, 9.17) is 4.55 Å². The molecule has 4 rings (SSSR count). The maximum absolute atomic E-state index is 11.8. The standard InChI is InChI=1S/C36H46N2O9S3.3K/c1-27(14-12-18-33-35(2,3)29-16-6-7-17-31(29)37(33)22-8-10-24-48(39,40)41)15-13-19-34-36(4,5)30-26-28(50(45,46)47)20-21-32(30)38(34)23-9-11-25-49(42,43)44;;;/h7,12-21,26H,8-11,22-25H2,1-5H3,(H,39,40,41)(H,42,43,44)(H,45,46,47);;;/q;3*+1/p-2.